The van der Waals surface area contributed by atoms with Crippen LogP contribution in [0.25, 0.3) is 0 Å². The molecule has 0 bridgehead atoms. The third kappa shape index (κ3) is 3.33. The molecule has 0 aromatic heterocycles. The normalized spacial score (nSPS) is 13.0. The van der Waals surface area contributed by atoms with Crippen LogP contribution in [0.3, 0.4) is 0 Å². The highest BCUT2D eigenvalue weighted by atomic mass is 32.2. The Morgan fingerprint density at radius 1 is 1.00 bits per heavy atom. The number of carbonyl (C=O) groups is 3. The summed E-state index contributed by atoms with van der Waals surface area (Å²) in [5.74, 6) is -1.12. The molecule has 3 amide bonds. The maximum absolute atomic E-state index is 12.3. The molecule has 122 valence electrons. The molecule has 6 heteroatoms. The van der Waals surface area contributed by atoms with Crippen LogP contribution in [0, 0.1) is 0 Å². The molecule has 2 N–H and O–H groups in total. The Morgan fingerprint density at radius 2 is 1.67 bits per heavy atom. The van der Waals surface area contributed by atoms with Crippen LogP contribution >= 0.6 is 11.8 Å². The van der Waals surface area contributed by atoms with E-state index in [9.17, 15) is 14.4 Å². The zero-order valence-corrected chi connectivity index (χ0v) is 14.1. The van der Waals surface area contributed by atoms with Crippen molar-refractivity contribution in [1.82, 2.24) is 5.32 Å². The first-order valence-electron chi connectivity index (χ1n) is 7.52. The Morgan fingerprint density at radius 3 is 2.33 bits per heavy atom. The molecule has 0 radical (unpaired) electrons. The molecule has 0 spiro atoms. The summed E-state index contributed by atoms with van der Waals surface area (Å²) in [4.78, 5) is 36.6. The molecule has 0 aliphatic carbocycles. The van der Waals surface area contributed by atoms with Crippen LogP contribution in [0.5, 0.6) is 0 Å². The van der Waals surface area contributed by atoms with Gasteiger partial charge in [0.25, 0.3) is 17.7 Å². The van der Waals surface area contributed by atoms with Gasteiger partial charge in [0.1, 0.15) is 0 Å². The number of imide groups is 1. The Kier molecular flexibility index (Phi) is 4.40. The first-order valence-corrected chi connectivity index (χ1v) is 8.40. The molecule has 3 rings (SSSR count). The number of hydrogen-bond donors (Lipinski definition) is 2. The van der Waals surface area contributed by atoms with E-state index in [0.717, 1.165) is 4.90 Å². The number of hydrogen-bond acceptors (Lipinski definition) is 4. The Labute approximate surface area is 143 Å². The van der Waals surface area contributed by atoms with Gasteiger partial charge in [-0.25, -0.2) is 0 Å². The van der Waals surface area contributed by atoms with E-state index in [1.807, 2.05) is 12.1 Å². The van der Waals surface area contributed by atoms with Crippen molar-refractivity contribution < 1.29 is 14.4 Å². The average Bonchev–Trinajstić information content (AvgIpc) is 2.82. The van der Waals surface area contributed by atoms with Gasteiger partial charge < -0.3 is 5.32 Å². The van der Waals surface area contributed by atoms with Crippen molar-refractivity contribution in [3.63, 3.8) is 0 Å². The lowest BCUT2D eigenvalue weighted by Gasteiger charge is -2.08. The molecule has 1 aliphatic heterocycles. The lowest BCUT2D eigenvalue weighted by molar-refractivity contribution is 0.0878. The van der Waals surface area contributed by atoms with Crippen molar-refractivity contribution in [3.8, 4) is 0 Å². The van der Waals surface area contributed by atoms with E-state index in [0.29, 0.717) is 22.1 Å². The predicted molar refractivity (Wildman–Crippen MR) is 93.6 cm³/mol. The minimum Gasteiger partial charge on any atom is -0.322 e. The smallest absolute Gasteiger partial charge is 0.259 e. The van der Waals surface area contributed by atoms with Crippen LogP contribution in [-0.4, -0.2) is 23.0 Å². The van der Waals surface area contributed by atoms with Crippen LogP contribution < -0.4 is 10.6 Å². The van der Waals surface area contributed by atoms with Crippen LogP contribution in [0.4, 0.5) is 5.69 Å². The van der Waals surface area contributed by atoms with Crippen molar-refractivity contribution in [2.75, 3.05) is 5.32 Å². The fourth-order valence-electron chi connectivity index (χ4n) is 2.41. The van der Waals surface area contributed by atoms with E-state index in [2.05, 4.69) is 24.5 Å². The van der Waals surface area contributed by atoms with Gasteiger partial charge in [-0.2, -0.15) is 0 Å². The molecular weight excluding hydrogens is 324 g/mol. The summed E-state index contributed by atoms with van der Waals surface area (Å²) in [7, 11) is 0. The van der Waals surface area contributed by atoms with Crippen LogP contribution in [0.2, 0.25) is 0 Å². The molecule has 2 aromatic rings. The van der Waals surface area contributed by atoms with Crippen molar-refractivity contribution in [2.24, 2.45) is 0 Å². The van der Waals surface area contributed by atoms with E-state index in [4.69, 9.17) is 0 Å². The summed E-state index contributed by atoms with van der Waals surface area (Å²) in [5.41, 5.74) is 1.61. The number of fused-ring (bicyclic) bond motifs is 1. The largest absolute Gasteiger partial charge is 0.322 e. The van der Waals surface area contributed by atoms with Crippen molar-refractivity contribution in [2.45, 2.75) is 24.0 Å². The summed E-state index contributed by atoms with van der Waals surface area (Å²) >= 11 is 1.73. The second-order valence-corrected chi connectivity index (χ2v) is 7.34. The first kappa shape index (κ1) is 16.3. The zero-order valence-electron chi connectivity index (χ0n) is 13.3. The standard InChI is InChI=1S/C18H16N2O3S/c1-10(2)24-13-6-3-11(4-7-13)16(21)19-12-5-8-14-15(9-12)18(23)20-17(14)22/h3-10H,1-2H3,(H,19,21)(H,20,22,23). The number of rotatable bonds is 4. The number of nitrogens with one attached hydrogen (secondary N) is 2. The fourth-order valence-corrected chi connectivity index (χ4v) is 3.24. The number of anilines is 1. The predicted octanol–water partition coefficient (Wildman–Crippen LogP) is 3.32. The van der Waals surface area contributed by atoms with Crippen molar-refractivity contribution >= 4 is 35.2 Å². The highest BCUT2D eigenvalue weighted by Gasteiger charge is 2.26. The van der Waals surface area contributed by atoms with E-state index in [1.54, 1.807) is 30.0 Å². The van der Waals surface area contributed by atoms with E-state index in [-0.39, 0.29) is 11.5 Å². The Hall–Kier alpha value is -2.60. The van der Waals surface area contributed by atoms with Crippen LogP contribution in [0.15, 0.2) is 47.4 Å². The maximum atomic E-state index is 12.3. The maximum Gasteiger partial charge on any atom is 0.259 e. The van der Waals surface area contributed by atoms with Crippen LogP contribution in [-0.2, 0) is 0 Å². The summed E-state index contributed by atoms with van der Waals surface area (Å²) in [6, 6.07) is 12.0. The van der Waals surface area contributed by atoms with E-state index < -0.39 is 11.8 Å². The van der Waals surface area contributed by atoms with Gasteiger partial charge in [-0.3, -0.25) is 19.7 Å². The molecule has 0 atom stereocenters. The first-order chi connectivity index (χ1) is 11.4. The number of benzene rings is 2. The van der Waals surface area contributed by atoms with Gasteiger partial charge in [0.05, 0.1) is 11.1 Å². The SMILES string of the molecule is CC(C)Sc1ccc(C(=O)Nc2ccc3c(c2)C(=O)NC3=O)cc1. The molecule has 24 heavy (non-hydrogen) atoms. The molecule has 2 aromatic carbocycles. The average molecular weight is 340 g/mol. The van der Waals surface area contributed by atoms with E-state index >= 15 is 0 Å². The Bertz CT molecular complexity index is 829. The van der Waals surface area contributed by atoms with Crippen molar-refractivity contribution in [1.29, 1.82) is 0 Å². The van der Waals surface area contributed by atoms with E-state index in [1.165, 1.54) is 12.1 Å². The summed E-state index contributed by atoms with van der Waals surface area (Å²) in [6.07, 6.45) is 0. The van der Waals surface area contributed by atoms with Gasteiger partial charge in [0.2, 0.25) is 0 Å². The molecule has 0 unspecified atom stereocenters. The highest BCUT2D eigenvalue weighted by molar-refractivity contribution is 7.99. The number of carbonyl (C=O) groups excluding carboxylic acids is 3. The lowest BCUT2D eigenvalue weighted by Crippen LogP contribution is -2.19. The molecule has 0 saturated heterocycles. The second-order valence-electron chi connectivity index (χ2n) is 5.69. The highest BCUT2D eigenvalue weighted by Crippen LogP contribution is 2.24. The molecule has 0 saturated carbocycles. The third-order valence-electron chi connectivity index (χ3n) is 3.48. The number of amides is 3. The molecule has 5 nitrogen and oxygen atoms in total. The molecule has 1 aliphatic rings. The number of thioether (sulfide) groups is 1. The fraction of sp³-hybridized carbons (Fsp3) is 0.167. The van der Waals surface area contributed by atoms with Gasteiger partial charge in [-0.05, 0) is 42.5 Å². The topological polar surface area (TPSA) is 75.3 Å². The summed E-state index contributed by atoms with van der Waals surface area (Å²) in [6.45, 7) is 4.22. The van der Waals surface area contributed by atoms with Gasteiger partial charge in [-0.15, -0.1) is 11.8 Å². The van der Waals surface area contributed by atoms with Crippen molar-refractivity contribution in [3.05, 3.63) is 59.2 Å². The minimum atomic E-state index is -0.443. The van der Waals surface area contributed by atoms with Gasteiger partial charge in [0, 0.05) is 21.4 Å². The molecule has 0 fully saturated rings. The second kappa shape index (κ2) is 6.49. The van der Waals surface area contributed by atoms with Crippen LogP contribution in [0.1, 0.15) is 44.9 Å². The van der Waals surface area contributed by atoms with Gasteiger partial charge >= 0.3 is 0 Å². The van der Waals surface area contributed by atoms with Gasteiger partial charge in [0.15, 0.2) is 0 Å². The zero-order chi connectivity index (χ0) is 17.3. The summed E-state index contributed by atoms with van der Waals surface area (Å²) in [5, 5.41) is 5.45. The Balaban J connectivity index is 1.74. The minimum absolute atomic E-state index is 0.263. The molecular formula is C18H16N2O3S. The quantitative estimate of drug-likeness (QED) is 0.661. The summed E-state index contributed by atoms with van der Waals surface area (Å²) < 4.78 is 0. The lowest BCUT2D eigenvalue weighted by atomic mass is 10.1. The third-order valence-corrected chi connectivity index (χ3v) is 4.50. The monoisotopic (exact) mass is 340 g/mol. The molecule has 1 heterocycles. The van der Waals surface area contributed by atoms with Gasteiger partial charge in [-0.1, -0.05) is 13.8 Å².